The summed E-state index contributed by atoms with van der Waals surface area (Å²) < 4.78 is 58.0. The molecule has 1 saturated heterocycles. The standard InChI is InChI=1S/C17H24F4N2O/c1-24-10-2-9-23(15-5-7-22-8-6-15)12-13-3-4-14(18)11-16(13)17(19,20)21/h3-4,11,15,22H,2,5-10,12H2,1H3. The minimum Gasteiger partial charge on any atom is -0.385 e. The average molecular weight is 348 g/mol. The van der Waals surface area contributed by atoms with Gasteiger partial charge in [0, 0.05) is 32.8 Å². The topological polar surface area (TPSA) is 24.5 Å². The van der Waals surface area contributed by atoms with Crippen molar-refractivity contribution < 1.29 is 22.3 Å². The van der Waals surface area contributed by atoms with Gasteiger partial charge in [-0.3, -0.25) is 4.90 Å². The van der Waals surface area contributed by atoms with Gasteiger partial charge in [0.15, 0.2) is 0 Å². The maximum absolute atomic E-state index is 13.3. The van der Waals surface area contributed by atoms with Crippen LogP contribution in [0.4, 0.5) is 17.6 Å². The van der Waals surface area contributed by atoms with E-state index in [4.69, 9.17) is 4.74 Å². The number of rotatable bonds is 7. The van der Waals surface area contributed by atoms with Crippen LogP contribution < -0.4 is 5.32 Å². The summed E-state index contributed by atoms with van der Waals surface area (Å²) in [5, 5.41) is 3.26. The average Bonchev–Trinajstić information content (AvgIpc) is 2.55. The normalized spacial score (nSPS) is 16.8. The monoisotopic (exact) mass is 348 g/mol. The number of halogens is 4. The predicted molar refractivity (Wildman–Crippen MR) is 84.2 cm³/mol. The van der Waals surface area contributed by atoms with Crippen molar-refractivity contribution in [3.05, 3.63) is 35.1 Å². The van der Waals surface area contributed by atoms with E-state index in [1.54, 1.807) is 7.11 Å². The highest BCUT2D eigenvalue weighted by molar-refractivity contribution is 5.30. The first-order chi connectivity index (χ1) is 11.4. The number of methoxy groups -OCH3 is 1. The third-order valence-electron chi connectivity index (χ3n) is 4.37. The van der Waals surface area contributed by atoms with Crippen LogP contribution in [0.1, 0.15) is 30.4 Å². The van der Waals surface area contributed by atoms with Gasteiger partial charge in [0.25, 0.3) is 0 Å². The Kier molecular flexibility index (Phi) is 7.01. The smallest absolute Gasteiger partial charge is 0.385 e. The van der Waals surface area contributed by atoms with Crippen molar-refractivity contribution in [1.82, 2.24) is 10.2 Å². The van der Waals surface area contributed by atoms with Gasteiger partial charge in [-0.15, -0.1) is 0 Å². The summed E-state index contributed by atoms with van der Waals surface area (Å²) in [6.07, 6.45) is -2.00. The summed E-state index contributed by atoms with van der Waals surface area (Å²) in [4.78, 5) is 2.07. The second kappa shape index (κ2) is 8.78. The molecule has 1 fully saturated rings. The first-order valence-electron chi connectivity index (χ1n) is 8.21. The fourth-order valence-electron chi connectivity index (χ4n) is 3.14. The summed E-state index contributed by atoms with van der Waals surface area (Å²) in [6.45, 7) is 3.12. The highest BCUT2D eigenvalue weighted by Gasteiger charge is 2.34. The molecule has 0 amide bonds. The zero-order valence-electron chi connectivity index (χ0n) is 13.8. The summed E-state index contributed by atoms with van der Waals surface area (Å²) in [5.41, 5.74) is -0.756. The van der Waals surface area contributed by atoms with Gasteiger partial charge in [-0.2, -0.15) is 13.2 Å². The number of nitrogens with one attached hydrogen (secondary N) is 1. The Labute approximate surface area is 140 Å². The van der Waals surface area contributed by atoms with Crippen LogP contribution in [0.5, 0.6) is 0 Å². The number of piperidine rings is 1. The number of hydrogen-bond donors (Lipinski definition) is 1. The Morgan fingerprint density at radius 1 is 1.25 bits per heavy atom. The molecular weight excluding hydrogens is 324 g/mol. The van der Waals surface area contributed by atoms with E-state index in [1.807, 2.05) is 0 Å². The number of nitrogens with zero attached hydrogens (tertiary/aromatic N) is 1. The fourth-order valence-corrected chi connectivity index (χ4v) is 3.14. The van der Waals surface area contributed by atoms with Crippen LogP contribution in [0, 0.1) is 5.82 Å². The van der Waals surface area contributed by atoms with Crippen molar-refractivity contribution >= 4 is 0 Å². The van der Waals surface area contributed by atoms with Gasteiger partial charge in [0.1, 0.15) is 5.82 Å². The lowest BCUT2D eigenvalue weighted by molar-refractivity contribution is -0.138. The molecule has 1 aliphatic heterocycles. The van der Waals surface area contributed by atoms with E-state index in [0.29, 0.717) is 19.2 Å². The van der Waals surface area contributed by atoms with Gasteiger partial charge in [-0.1, -0.05) is 6.07 Å². The van der Waals surface area contributed by atoms with Gasteiger partial charge in [-0.25, -0.2) is 4.39 Å². The molecule has 0 aliphatic carbocycles. The molecule has 1 heterocycles. The van der Waals surface area contributed by atoms with Crippen molar-refractivity contribution in [1.29, 1.82) is 0 Å². The van der Waals surface area contributed by atoms with Crippen molar-refractivity contribution in [2.24, 2.45) is 0 Å². The lowest BCUT2D eigenvalue weighted by Crippen LogP contribution is -2.43. The number of hydrogen-bond acceptors (Lipinski definition) is 3. The molecular formula is C17H24F4N2O. The van der Waals surface area contributed by atoms with E-state index in [1.165, 1.54) is 6.07 Å². The number of benzene rings is 1. The van der Waals surface area contributed by atoms with Crippen LogP contribution in [0.3, 0.4) is 0 Å². The Morgan fingerprint density at radius 3 is 2.58 bits per heavy atom. The van der Waals surface area contributed by atoms with Crippen LogP contribution in [0.2, 0.25) is 0 Å². The molecule has 1 aromatic rings. The minimum absolute atomic E-state index is 0.125. The summed E-state index contributed by atoms with van der Waals surface area (Å²) in [6, 6.07) is 3.17. The quantitative estimate of drug-likeness (QED) is 0.603. The second-order valence-electron chi connectivity index (χ2n) is 6.10. The maximum Gasteiger partial charge on any atom is 0.416 e. The summed E-state index contributed by atoms with van der Waals surface area (Å²) in [5.74, 6) is -0.862. The van der Waals surface area contributed by atoms with E-state index in [-0.39, 0.29) is 18.2 Å². The van der Waals surface area contributed by atoms with Gasteiger partial charge >= 0.3 is 6.18 Å². The Morgan fingerprint density at radius 2 is 1.96 bits per heavy atom. The lowest BCUT2D eigenvalue weighted by Gasteiger charge is -2.35. The van der Waals surface area contributed by atoms with Gasteiger partial charge in [0.2, 0.25) is 0 Å². The Balaban J connectivity index is 2.18. The predicted octanol–water partition coefficient (Wildman–Crippen LogP) is 3.44. The molecule has 0 radical (unpaired) electrons. The summed E-state index contributed by atoms with van der Waals surface area (Å²) >= 11 is 0. The molecule has 2 rings (SSSR count). The molecule has 0 spiro atoms. The SMILES string of the molecule is COCCCN(Cc1ccc(F)cc1C(F)(F)F)C1CCNCC1. The van der Waals surface area contributed by atoms with Crippen LogP contribution in [-0.4, -0.2) is 44.3 Å². The van der Waals surface area contributed by atoms with Gasteiger partial charge in [0.05, 0.1) is 5.56 Å². The first-order valence-corrected chi connectivity index (χ1v) is 8.21. The molecule has 0 saturated carbocycles. The molecule has 0 aromatic heterocycles. The molecule has 1 aromatic carbocycles. The van der Waals surface area contributed by atoms with Gasteiger partial charge in [-0.05, 0) is 50.0 Å². The van der Waals surface area contributed by atoms with E-state index >= 15 is 0 Å². The Hall–Kier alpha value is -1.18. The Bertz CT molecular complexity index is 516. The van der Waals surface area contributed by atoms with Crippen molar-refractivity contribution in [2.75, 3.05) is 33.4 Å². The van der Waals surface area contributed by atoms with Crippen molar-refractivity contribution in [3.8, 4) is 0 Å². The zero-order valence-corrected chi connectivity index (χ0v) is 13.8. The molecule has 1 N–H and O–H groups in total. The third-order valence-corrected chi connectivity index (χ3v) is 4.37. The molecule has 0 bridgehead atoms. The highest BCUT2D eigenvalue weighted by atomic mass is 19.4. The fraction of sp³-hybridized carbons (Fsp3) is 0.647. The lowest BCUT2D eigenvalue weighted by atomic mass is 10.0. The van der Waals surface area contributed by atoms with Crippen LogP contribution in [0.25, 0.3) is 0 Å². The minimum atomic E-state index is -4.55. The molecule has 0 atom stereocenters. The molecule has 3 nitrogen and oxygen atoms in total. The summed E-state index contributed by atoms with van der Waals surface area (Å²) in [7, 11) is 1.61. The largest absolute Gasteiger partial charge is 0.416 e. The van der Waals surface area contributed by atoms with Crippen LogP contribution in [0.15, 0.2) is 18.2 Å². The van der Waals surface area contributed by atoms with Crippen LogP contribution >= 0.6 is 0 Å². The molecule has 136 valence electrons. The van der Waals surface area contributed by atoms with Crippen molar-refractivity contribution in [3.63, 3.8) is 0 Å². The van der Waals surface area contributed by atoms with E-state index in [9.17, 15) is 17.6 Å². The number of alkyl halides is 3. The molecule has 7 heteroatoms. The zero-order chi connectivity index (χ0) is 17.6. The van der Waals surface area contributed by atoms with E-state index in [0.717, 1.165) is 38.4 Å². The van der Waals surface area contributed by atoms with Crippen LogP contribution in [-0.2, 0) is 17.5 Å². The molecule has 1 aliphatic rings. The third kappa shape index (κ3) is 5.43. The maximum atomic E-state index is 13.3. The van der Waals surface area contributed by atoms with Gasteiger partial charge < -0.3 is 10.1 Å². The first kappa shape index (κ1) is 19.1. The molecule has 0 unspecified atom stereocenters. The highest BCUT2D eigenvalue weighted by Crippen LogP contribution is 2.33. The van der Waals surface area contributed by atoms with E-state index < -0.39 is 17.6 Å². The van der Waals surface area contributed by atoms with E-state index in [2.05, 4.69) is 10.2 Å². The van der Waals surface area contributed by atoms with Crippen molar-refractivity contribution in [2.45, 2.75) is 38.0 Å². The molecule has 24 heavy (non-hydrogen) atoms. The second-order valence-corrected chi connectivity index (χ2v) is 6.10. The number of ether oxygens (including phenoxy) is 1.